The molecule has 1 aromatic rings. The quantitative estimate of drug-likeness (QED) is 0.587. The van der Waals surface area contributed by atoms with Gasteiger partial charge in [0.15, 0.2) is 0 Å². The summed E-state index contributed by atoms with van der Waals surface area (Å²) < 4.78 is 4.98. The molecule has 0 spiro atoms. The van der Waals surface area contributed by atoms with E-state index in [0.717, 1.165) is 0 Å². The van der Waals surface area contributed by atoms with Gasteiger partial charge < -0.3 is 9.53 Å². The van der Waals surface area contributed by atoms with E-state index in [9.17, 15) is 9.59 Å². The molecule has 16 heavy (non-hydrogen) atoms. The molecule has 0 N–H and O–H groups in total. The Labute approximate surface area is 99.4 Å². The molecule has 1 rings (SSSR count). The molecule has 0 amide bonds. The normalized spacial score (nSPS) is 9.88. The summed E-state index contributed by atoms with van der Waals surface area (Å²) in [6.07, 6.45) is 1.00. The largest absolute Gasteiger partial charge is 0.462 e. The molecule has 0 aromatic heterocycles. The maximum absolute atomic E-state index is 11.5. The van der Waals surface area contributed by atoms with E-state index in [0.29, 0.717) is 23.4 Å². The molecule has 0 saturated heterocycles. The minimum atomic E-state index is -0.389. The molecular weight excluding hydrogens is 228 g/mol. The summed E-state index contributed by atoms with van der Waals surface area (Å²) in [6.45, 7) is 1.78. The third-order valence-electron chi connectivity index (χ3n) is 1.99. The van der Waals surface area contributed by atoms with Gasteiger partial charge in [-0.05, 0) is 37.6 Å². The zero-order valence-corrected chi connectivity index (χ0v) is 9.79. The van der Waals surface area contributed by atoms with Gasteiger partial charge in [-0.2, -0.15) is 0 Å². The summed E-state index contributed by atoms with van der Waals surface area (Å²) in [7, 11) is 0. The molecule has 0 saturated carbocycles. The number of Topliss-reactive ketones (excluding diaryl/α,β-unsaturated/α-hetero) is 1. The SMILES string of the molecule is CC(=O)CCCOC(=O)c1ccc(Cl)cc1. The Kier molecular flexibility index (Phi) is 4.99. The van der Waals surface area contributed by atoms with Gasteiger partial charge in [-0.1, -0.05) is 11.6 Å². The van der Waals surface area contributed by atoms with Crippen LogP contribution in [0.2, 0.25) is 5.02 Å². The van der Waals surface area contributed by atoms with Gasteiger partial charge in [0.1, 0.15) is 5.78 Å². The van der Waals surface area contributed by atoms with Crippen molar-refractivity contribution >= 4 is 23.4 Å². The number of rotatable bonds is 5. The van der Waals surface area contributed by atoms with Gasteiger partial charge in [0.2, 0.25) is 0 Å². The first kappa shape index (κ1) is 12.7. The lowest BCUT2D eigenvalue weighted by atomic mass is 10.2. The number of hydrogen-bond acceptors (Lipinski definition) is 3. The van der Waals surface area contributed by atoms with Crippen molar-refractivity contribution in [2.75, 3.05) is 6.61 Å². The zero-order chi connectivity index (χ0) is 12.0. The standard InChI is InChI=1S/C12H13ClO3/c1-9(14)3-2-8-16-12(15)10-4-6-11(13)7-5-10/h4-7H,2-3,8H2,1H3. The van der Waals surface area contributed by atoms with Crippen molar-refractivity contribution < 1.29 is 14.3 Å². The highest BCUT2D eigenvalue weighted by molar-refractivity contribution is 6.30. The lowest BCUT2D eigenvalue weighted by Crippen LogP contribution is -2.07. The van der Waals surface area contributed by atoms with Crippen LogP contribution in [0.25, 0.3) is 0 Å². The number of ether oxygens (including phenoxy) is 1. The second-order valence-electron chi connectivity index (χ2n) is 3.45. The first-order chi connectivity index (χ1) is 7.59. The minimum absolute atomic E-state index is 0.0996. The summed E-state index contributed by atoms with van der Waals surface area (Å²) in [6, 6.07) is 6.48. The first-order valence-corrected chi connectivity index (χ1v) is 5.39. The van der Waals surface area contributed by atoms with Gasteiger partial charge in [-0.25, -0.2) is 4.79 Å². The zero-order valence-electron chi connectivity index (χ0n) is 9.03. The van der Waals surface area contributed by atoms with Crippen molar-refractivity contribution in [3.8, 4) is 0 Å². The van der Waals surface area contributed by atoms with Gasteiger partial charge in [-0.15, -0.1) is 0 Å². The predicted octanol–water partition coefficient (Wildman–Crippen LogP) is 2.87. The third-order valence-corrected chi connectivity index (χ3v) is 2.24. The molecule has 0 bridgehead atoms. The molecule has 0 aliphatic carbocycles. The van der Waals surface area contributed by atoms with Crippen LogP contribution >= 0.6 is 11.6 Å². The lowest BCUT2D eigenvalue weighted by molar-refractivity contribution is -0.117. The summed E-state index contributed by atoms with van der Waals surface area (Å²) in [4.78, 5) is 22.1. The van der Waals surface area contributed by atoms with Crippen molar-refractivity contribution in [1.82, 2.24) is 0 Å². The van der Waals surface area contributed by atoms with Crippen LogP contribution in [0.1, 0.15) is 30.1 Å². The van der Waals surface area contributed by atoms with E-state index < -0.39 is 0 Å². The second kappa shape index (κ2) is 6.28. The molecule has 86 valence electrons. The van der Waals surface area contributed by atoms with E-state index in [1.165, 1.54) is 6.92 Å². The van der Waals surface area contributed by atoms with E-state index in [1.807, 2.05) is 0 Å². The van der Waals surface area contributed by atoms with Gasteiger partial charge in [0, 0.05) is 11.4 Å². The molecule has 0 radical (unpaired) electrons. The average Bonchev–Trinajstić information content (AvgIpc) is 2.25. The van der Waals surface area contributed by atoms with Crippen LogP contribution < -0.4 is 0 Å². The maximum Gasteiger partial charge on any atom is 0.338 e. The average molecular weight is 241 g/mol. The molecule has 0 heterocycles. The predicted molar refractivity (Wildman–Crippen MR) is 61.6 cm³/mol. The second-order valence-corrected chi connectivity index (χ2v) is 3.88. The molecule has 0 atom stereocenters. The number of halogens is 1. The molecule has 0 unspecified atom stereocenters. The number of carbonyl (C=O) groups excluding carboxylic acids is 2. The number of benzene rings is 1. The number of carbonyl (C=O) groups is 2. The van der Waals surface area contributed by atoms with E-state index in [2.05, 4.69) is 0 Å². The van der Waals surface area contributed by atoms with Crippen LogP contribution in [-0.2, 0) is 9.53 Å². The summed E-state index contributed by atoms with van der Waals surface area (Å²) in [5, 5.41) is 0.577. The van der Waals surface area contributed by atoms with Gasteiger partial charge >= 0.3 is 5.97 Å². The Morgan fingerprint density at radius 3 is 2.44 bits per heavy atom. The van der Waals surface area contributed by atoms with E-state index in [1.54, 1.807) is 24.3 Å². The van der Waals surface area contributed by atoms with Gasteiger partial charge in [0.25, 0.3) is 0 Å². The van der Waals surface area contributed by atoms with Crippen LogP contribution in [0.3, 0.4) is 0 Å². The van der Waals surface area contributed by atoms with Crippen LogP contribution in [0.5, 0.6) is 0 Å². The van der Waals surface area contributed by atoms with E-state index in [4.69, 9.17) is 16.3 Å². The van der Waals surface area contributed by atoms with Crippen molar-refractivity contribution in [2.45, 2.75) is 19.8 Å². The molecule has 3 nitrogen and oxygen atoms in total. The highest BCUT2D eigenvalue weighted by atomic mass is 35.5. The Balaban J connectivity index is 2.35. The molecule has 4 heteroatoms. The lowest BCUT2D eigenvalue weighted by Gasteiger charge is -2.03. The minimum Gasteiger partial charge on any atom is -0.462 e. The van der Waals surface area contributed by atoms with Gasteiger partial charge in [0.05, 0.1) is 12.2 Å². The molecule has 0 aliphatic heterocycles. The highest BCUT2D eigenvalue weighted by Crippen LogP contribution is 2.10. The van der Waals surface area contributed by atoms with Crippen molar-refractivity contribution in [2.24, 2.45) is 0 Å². The Morgan fingerprint density at radius 1 is 1.25 bits per heavy atom. The fourth-order valence-corrected chi connectivity index (χ4v) is 1.28. The molecule has 1 aromatic carbocycles. The summed E-state index contributed by atoms with van der Waals surface area (Å²) in [5.41, 5.74) is 0.465. The molecule has 0 aliphatic rings. The summed E-state index contributed by atoms with van der Waals surface area (Å²) >= 11 is 5.69. The third kappa shape index (κ3) is 4.45. The number of ketones is 1. The number of esters is 1. The topological polar surface area (TPSA) is 43.4 Å². The van der Waals surface area contributed by atoms with Crippen LogP contribution in [0.15, 0.2) is 24.3 Å². The van der Waals surface area contributed by atoms with Crippen LogP contribution in [0.4, 0.5) is 0 Å². The van der Waals surface area contributed by atoms with Gasteiger partial charge in [-0.3, -0.25) is 0 Å². The van der Waals surface area contributed by atoms with Crippen LogP contribution in [-0.4, -0.2) is 18.4 Å². The first-order valence-electron chi connectivity index (χ1n) is 5.01. The smallest absolute Gasteiger partial charge is 0.338 e. The molecular formula is C12H13ClO3. The van der Waals surface area contributed by atoms with Crippen LogP contribution in [0, 0.1) is 0 Å². The Hall–Kier alpha value is -1.35. The highest BCUT2D eigenvalue weighted by Gasteiger charge is 2.06. The van der Waals surface area contributed by atoms with Crippen molar-refractivity contribution in [3.63, 3.8) is 0 Å². The number of hydrogen-bond donors (Lipinski definition) is 0. The molecule has 0 fully saturated rings. The maximum atomic E-state index is 11.5. The monoisotopic (exact) mass is 240 g/mol. The Bertz CT molecular complexity index is 370. The van der Waals surface area contributed by atoms with Crippen molar-refractivity contribution in [3.05, 3.63) is 34.9 Å². The Morgan fingerprint density at radius 2 is 1.88 bits per heavy atom. The summed E-state index contributed by atoms with van der Waals surface area (Å²) in [5.74, 6) is -0.289. The fourth-order valence-electron chi connectivity index (χ4n) is 1.16. The van der Waals surface area contributed by atoms with E-state index >= 15 is 0 Å². The van der Waals surface area contributed by atoms with Crippen molar-refractivity contribution in [1.29, 1.82) is 0 Å². The van der Waals surface area contributed by atoms with E-state index in [-0.39, 0.29) is 18.4 Å². The fraction of sp³-hybridized carbons (Fsp3) is 0.333.